The van der Waals surface area contributed by atoms with Crippen molar-refractivity contribution in [3.05, 3.63) is 80.7 Å². The molecule has 0 saturated carbocycles. The summed E-state index contributed by atoms with van der Waals surface area (Å²) in [6.45, 7) is 5.51. The van der Waals surface area contributed by atoms with E-state index >= 15 is 0 Å². The monoisotopic (exact) mass is 381 g/mol. The summed E-state index contributed by atoms with van der Waals surface area (Å²) < 4.78 is 10.9. The van der Waals surface area contributed by atoms with Gasteiger partial charge >= 0.3 is 0 Å². The molecule has 1 aromatic heterocycles. The van der Waals surface area contributed by atoms with Gasteiger partial charge in [0.1, 0.15) is 18.1 Å². The second-order valence-electron chi connectivity index (χ2n) is 6.28. The van der Waals surface area contributed by atoms with Gasteiger partial charge in [0.25, 0.3) is 11.6 Å². The van der Waals surface area contributed by atoms with Crippen LogP contribution in [0.2, 0.25) is 0 Å². The number of nitro benzene ring substituents is 1. The van der Waals surface area contributed by atoms with Crippen molar-refractivity contribution in [2.24, 2.45) is 0 Å². The fraction of sp³-hybridized carbons (Fsp3) is 0.200. The molecule has 0 fully saturated rings. The van der Waals surface area contributed by atoms with Gasteiger partial charge in [0, 0.05) is 11.6 Å². The van der Waals surface area contributed by atoms with Crippen LogP contribution in [-0.2, 0) is 6.61 Å². The molecule has 1 N–H and O–H groups in total. The van der Waals surface area contributed by atoms with E-state index in [0.717, 1.165) is 11.3 Å². The third kappa shape index (κ3) is 4.01. The number of ether oxygens (including phenoxy) is 1. The number of hydrogen-bond donors (Lipinski definition) is 1. The standard InChI is InChI=1S/C20H19N3O5/c1-12-18(8-5-9-19(12)23(25)26)21-20(24)15-6-4-7-16(10-15)27-11-17-13(2)22-28-14(17)3/h4-10H,11H2,1-3H3,(H,21,24). The first kappa shape index (κ1) is 19.1. The normalized spacial score (nSPS) is 10.5. The van der Waals surface area contributed by atoms with E-state index in [9.17, 15) is 14.9 Å². The Bertz CT molecular complexity index is 1020. The third-order valence-corrected chi connectivity index (χ3v) is 4.41. The van der Waals surface area contributed by atoms with Crippen LogP contribution in [-0.4, -0.2) is 16.0 Å². The van der Waals surface area contributed by atoms with Crippen LogP contribution in [0, 0.1) is 30.9 Å². The minimum atomic E-state index is -0.478. The molecule has 0 spiro atoms. The fourth-order valence-corrected chi connectivity index (χ4v) is 2.74. The highest BCUT2D eigenvalue weighted by Gasteiger charge is 2.16. The number of nitro groups is 1. The smallest absolute Gasteiger partial charge is 0.274 e. The maximum atomic E-state index is 12.6. The fourth-order valence-electron chi connectivity index (χ4n) is 2.74. The predicted molar refractivity (Wildman–Crippen MR) is 103 cm³/mol. The Morgan fingerprint density at radius 1 is 1.21 bits per heavy atom. The predicted octanol–water partition coefficient (Wildman–Crippen LogP) is 4.34. The summed E-state index contributed by atoms with van der Waals surface area (Å²) in [5, 5.41) is 17.7. The third-order valence-electron chi connectivity index (χ3n) is 4.41. The van der Waals surface area contributed by atoms with E-state index in [1.807, 2.05) is 13.8 Å². The lowest BCUT2D eigenvalue weighted by Crippen LogP contribution is -2.13. The summed E-state index contributed by atoms with van der Waals surface area (Å²) in [4.78, 5) is 23.2. The van der Waals surface area contributed by atoms with E-state index in [-0.39, 0.29) is 18.2 Å². The summed E-state index contributed by atoms with van der Waals surface area (Å²) in [7, 11) is 0. The summed E-state index contributed by atoms with van der Waals surface area (Å²) in [6, 6.07) is 11.3. The molecule has 0 radical (unpaired) electrons. The molecule has 0 aliphatic rings. The first-order valence-corrected chi connectivity index (χ1v) is 8.56. The SMILES string of the molecule is Cc1noc(C)c1COc1cccc(C(=O)Nc2cccc([N+](=O)[O-])c2C)c1. The van der Waals surface area contributed by atoms with Gasteiger partial charge < -0.3 is 14.6 Å². The molecule has 0 saturated heterocycles. The number of nitrogens with zero attached hydrogens (tertiary/aromatic N) is 2. The molecule has 8 heteroatoms. The van der Waals surface area contributed by atoms with Gasteiger partial charge in [0.05, 0.1) is 27.4 Å². The topological polar surface area (TPSA) is 108 Å². The Kier molecular flexibility index (Phi) is 5.39. The highest BCUT2D eigenvalue weighted by Crippen LogP contribution is 2.26. The summed E-state index contributed by atoms with van der Waals surface area (Å²) in [6.07, 6.45) is 0. The molecule has 0 bridgehead atoms. The minimum Gasteiger partial charge on any atom is -0.489 e. The summed E-state index contributed by atoms with van der Waals surface area (Å²) in [5.74, 6) is 0.822. The van der Waals surface area contributed by atoms with Gasteiger partial charge in [-0.1, -0.05) is 17.3 Å². The average Bonchev–Trinajstić information content (AvgIpc) is 2.99. The average molecular weight is 381 g/mol. The van der Waals surface area contributed by atoms with E-state index in [0.29, 0.717) is 28.3 Å². The van der Waals surface area contributed by atoms with Gasteiger partial charge in [-0.3, -0.25) is 14.9 Å². The lowest BCUT2D eigenvalue weighted by molar-refractivity contribution is -0.385. The Morgan fingerprint density at radius 3 is 2.64 bits per heavy atom. The van der Waals surface area contributed by atoms with Crippen LogP contribution in [0.15, 0.2) is 47.0 Å². The molecular weight excluding hydrogens is 362 g/mol. The molecule has 3 aromatic rings. The molecule has 8 nitrogen and oxygen atoms in total. The van der Waals surface area contributed by atoms with Crippen LogP contribution in [0.4, 0.5) is 11.4 Å². The van der Waals surface area contributed by atoms with Crippen molar-refractivity contribution < 1.29 is 19.0 Å². The Labute approximate surface area is 161 Å². The van der Waals surface area contributed by atoms with Gasteiger partial charge in [-0.2, -0.15) is 0 Å². The number of nitrogens with one attached hydrogen (secondary N) is 1. The number of hydrogen-bond acceptors (Lipinski definition) is 6. The van der Waals surface area contributed by atoms with Crippen LogP contribution in [0.3, 0.4) is 0 Å². The van der Waals surface area contributed by atoms with E-state index in [1.54, 1.807) is 37.3 Å². The molecule has 28 heavy (non-hydrogen) atoms. The summed E-state index contributed by atoms with van der Waals surface area (Å²) >= 11 is 0. The molecule has 0 aliphatic carbocycles. The number of aromatic nitrogens is 1. The molecule has 144 valence electrons. The van der Waals surface area contributed by atoms with E-state index in [1.165, 1.54) is 12.1 Å². The first-order valence-electron chi connectivity index (χ1n) is 8.56. The van der Waals surface area contributed by atoms with Crippen LogP contribution in [0.1, 0.15) is 32.9 Å². The van der Waals surface area contributed by atoms with Crippen molar-refractivity contribution in [2.45, 2.75) is 27.4 Å². The zero-order chi connectivity index (χ0) is 20.3. The zero-order valence-corrected chi connectivity index (χ0v) is 15.7. The maximum absolute atomic E-state index is 12.6. The molecule has 0 atom stereocenters. The van der Waals surface area contributed by atoms with Gasteiger partial charge in [-0.15, -0.1) is 0 Å². The molecule has 0 unspecified atom stereocenters. The number of carbonyl (C=O) groups is 1. The van der Waals surface area contributed by atoms with Gasteiger partial charge in [0.15, 0.2) is 0 Å². The summed E-state index contributed by atoms with van der Waals surface area (Å²) in [5.41, 5.74) is 2.74. The van der Waals surface area contributed by atoms with Gasteiger partial charge in [0.2, 0.25) is 0 Å². The van der Waals surface area contributed by atoms with Crippen LogP contribution in [0.5, 0.6) is 5.75 Å². The van der Waals surface area contributed by atoms with Crippen molar-refractivity contribution in [1.29, 1.82) is 0 Å². The molecule has 1 amide bonds. The highest BCUT2D eigenvalue weighted by molar-refractivity contribution is 6.05. The highest BCUT2D eigenvalue weighted by atomic mass is 16.6. The Hall–Kier alpha value is -3.68. The molecule has 1 heterocycles. The van der Waals surface area contributed by atoms with Crippen molar-refractivity contribution in [1.82, 2.24) is 5.16 Å². The largest absolute Gasteiger partial charge is 0.489 e. The minimum absolute atomic E-state index is 0.0469. The van der Waals surface area contributed by atoms with Crippen molar-refractivity contribution in [3.8, 4) is 5.75 Å². The van der Waals surface area contributed by atoms with E-state index < -0.39 is 4.92 Å². The number of amides is 1. The van der Waals surface area contributed by atoms with Gasteiger partial charge in [-0.05, 0) is 45.0 Å². The molecule has 3 rings (SSSR count). The second kappa shape index (κ2) is 7.91. The second-order valence-corrected chi connectivity index (χ2v) is 6.28. The van der Waals surface area contributed by atoms with Gasteiger partial charge in [-0.25, -0.2) is 0 Å². The van der Waals surface area contributed by atoms with Crippen LogP contribution >= 0.6 is 0 Å². The van der Waals surface area contributed by atoms with E-state index in [4.69, 9.17) is 9.26 Å². The number of benzene rings is 2. The number of anilines is 1. The van der Waals surface area contributed by atoms with Crippen LogP contribution in [0.25, 0.3) is 0 Å². The number of carbonyl (C=O) groups excluding carboxylic acids is 1. The maximum Gasteiger partial charge on any atom is 0.274 e. The molecular formula is C20H19N3O5. The van der Waals surface area contributed by atoms with E-state index in [2.05, 4.69) is 10.5 Å². The Balaban J connectivity index is 1.74. The number of rotatable bonds is 6. The quantitative estimate of drug-likeness (QED) is 0.503. The Morgan fingerprint density at radius 2 is 1.96 bits per heavy atom. The molecule has 0 aliphatic heterocycles. The van der Waals surface area contributed by atoms with Crippen molar-refractivity contribution in [3.63, 3.8) is 0 Å². The molecule has 2 aromatic carbocycles. The zero-order valence-electron chi connectivity index (χ0n) is 15.7. The first-order chi connectivity index (χ1) is 13.4. The number of aryl methyl sites for hydroxylation is 2. The lowest BCUT2D eigenvalue weighted by Gasteiger charge is -2.10. The van der Waals surface area contributed by atoms with Crippen molar-refractivity contribution >= 4 is 17.3 Å². The van der Waals surface area contributed by atoms with Crippen molar-refractivity contribution in [2.75, 3.05) is 5.32 Å². The lowest BCUT2D eigenvalue weighted by atomic mass is 10.1. The van der Waals surface area contributed by atoms with Crippen LogP contribution < -0.4 is 10.1 Å².